The Labute approximate surface area is 128 Å². The van der Waals surface area contributed by atoms with Crippen molar-refractivity contribution in [2.45, 2.75) is 13.0 Å². The van der Waals surface area contributed by atoms with Crippen LogP contribution >= 0.6 is 11.6 Å². The highest BCUT2D eigenvalue weighted by atomic mass is 35.5. The minimum Gasteiger partial charge on any atom is -0.346 e. The Bertz CT molecular complexity index is 669. The average Bonchev–Trinajstić information content (AvgIpc) is 2.45. The van der Waals surface area contributed by atoms with E-state index in [1.54, 1.807) is 24.3 Å². The van der Waals surface area contributed by atoms with Crippen LogP contribution in [0, 0.1) is 5.82 Å². The van der Waals surface area contributed by atoms with E-state index in [4.69, 9.17) is 11.6 Å². The van der Waals surface area contributed by atoms with Crippen LogP contribution in [0.1, 0.15) is 24.1 Å². The van der Waals surface area contributed by atoms with E-state index in [9.17, 15) is 9.18 Å². The van der Waals surface area contributed by atoms with Gasteiger partial charge in [-0.25, -0.2) is 4.39 Å². The van der Waals surface area contributed by atoms with E-state index in [1.807, 2.05) is 25.1 Å². The van der Waals surface area contributed by atoms with Crippen LogP contribution in [-0.2, 0) is 4.79 Å². The van der Waals surface area contributed by atoms with Gasteiger partial charge in [-0.2, -0.15) is 0 Å². The normalized spacial score (nSPS) is 12.3. The highest BCUT2D eigenvalue weighted by molar-refractivity contribution is 6.30. The molecule has 0 heterocycles. The Morgan fingerprint density at radius 3 is 2.71 bits per heavy atom. The molecule has 1 N–H and O–H groups in total. The molecule has 2 aromatic carbocycles. The van der Waals surface area contributed by atoms with Crippen molar-refractivity contribution in [3.63, 3.8) is 0 Å². The Morgan fingerprint density at radius 2 is 2.00 bits per heavy atom. The van der Waals surface area contributed by atoms with Gasteiger partial charge in [-0.15, -0.1) is 0 Å². The third-order valence-corrected chi connectivity index (χ3v) is 3.22. The van der Waals surface area contributed by atoms with Crippen LogP contribution in [0.15, 0.2) is 54.6 Å². The summed E-state index contributed by atoms with van der Waals surface area (Å²) < 4.78 is 13.0. The van der Waals surface area contributed by atoms with Crippen LogP contribution in [0.5, 0.6) is 0 Å². The second kappa shape index (κ2) is 7.04. The van der Waals surface area contributed by atoms with Gasteiger partial charge >= 0.3 is 0 Å². The third kappa shape index (κ3) is 4.72. The molecule has 1 unspecified atom stereocenters. The van der Waals surface area contributed by atoms with Crippen LogP contribution in [0.4, 0.5) is 4.39 Å². The van der Waals surface area contributed by atoms with Crippen molar-refractivity contribution in [3.8, 4) is 0 Å². The fourth-order valence-corrected chi connectivity index (χ4v) is 2.10. The van der Waals surface area contributed by atoms with Gasteiger partial charge in [-0.05, 0) is 48.4 Å². The fourth-order valence-electron chi connectivity index (χ4n) is 1.90. The van der Waals surface area contributed by atoms with Crippen molar-refractivity contribution in [1.82, 2.24) is 5.32 Å². The smallest absolute Gasteiger partial charge is 0.244 e. The molecule has 2 rings (SSSR count). The Morgan fingerprint density at radius 1 is 1.24 bits per heavy atom. The summed E-state index contributed by atoms with van der Waals surface area (Å²) in [5.74, 6) is -0.573. The highest BCUT2D eigenvalue weighted by Crippen LogP contribution is 2.17. The zero-order chi connectivity index (χ0) is 15.2. The highest BCUT2D eigenvalue weighted by Gasteiger charge is 2.07. The molecule has 2 nitrogen and oxygen atoms in total. The molecule has 0 spiro atoms. The minimum atomic E-state index is -0.329. The van der Waals surface area contributed by atoms with E-state index in [2.05, 4.69) is 5.32 Å². The number of rotatable bonds is 4. The van der Waals surface area contributed by atoms with E-state index in [0.717, 1.165) is 5.56 Å². The molecule has 1 atom stereocenters. The summed E-state index contributed by atoms with van der Waals surface area (Å²) in [6.45, 7) is 1.87. The SMILES string of the molecule is CC(NC(=O)/C=C/c1cccc(F)c1)c1cccc(Cl)c1. The molecule has 0 aliphatic rings. The molecule has 21 heavy (non-hydrogen) atoms. The second-order valence-electron chi connectivity index (χ2n) is 4.67. The lowest BCUT2D eigenvalue weighted by Crippen LogP contribution is -2.24. The van der Waals surface area contributed by atoms with Crippen LogP contribution < -0.4 is 5.32 Å². The van der Waals surface area contributed by atoms with Crippen molar-refractivity contribution < 1.29 is 9.18 Å². The first-order valence-electron chi connectivity index (χ1n) is 6.54. The molecule has 4 heteroatoms. The molecule has 0 fully saturated rings. The number of amides is 1. The predicted molar refractivity (Wildman–Crippen MR) is 83.4 cm³/mol. The lowest BCUT2D eigenvalue weighted by molar-refractivity contribution is -0.117. The maximum Gasteiger partial charge on any atom is 0.244 e. The van der Waals surface area contributed by atoms with E-state index in [-0.39, 0.29) is 17.8 Å². The minimum absolute atomic E-state index is 0.159. The van der Waals surface area contributed by atoms with Crippen molar-refractivity contribution in [2.24, 2.45) is 0 Å². The maximum absolute atomic E-state index is 13.0. The number of hydrogen-bond acceptors (Lipinski definition) is 1. The first-order valence-corrected chi connectivity index (χ1v) is 6.92. The van der Waals surface area contributed by atoms with Gasteiger partial charge in [0, 0.05) is 11.1 Å². The maximum atomic E-state index is 13.0. The van der Waals surface area contributed by atoms with Crippen molar-refractivity contribution in [1.29, 1.82) is 0 Å². The monoisotopic (exact) mass is 303 g/mol. The summed E-state index contributed by atoms with van der Waals surface area (Å²) >= 11 is 5.92. The summed E-state index contributed by atoms with van der Waals surface area (Å²) in [5.41, 5.74) is 1.57. The zero-order valence-corrected chi connectivity index (χ0v) is 12.3. The van der Waals surface area contributed by atoms with Gasteiger partial charge in [0.05, 0.1) is 6.04 Å². The van der Waals surface area contributed by atoms with E-state index in [0.29, 0.717) is 10.6 Å². The molecule has 0 saturated carbocycles. The number of carbonyl (C=O) groups is 1. The Balaban J connectivity index is 1.98. The molecule has 0 aliphatic heterocycles. The van der Waals surface area contributed by atoms with E-state index < -0.39 is 0 Å². The third-order valence-electron chi connectivity index (χ3n) is 2.98. The molecule has 0 radical (unpaired) electrons. The van der Waals surface area contributed by atoms with Crippen molar-refractivity contribution >= 4 is 23.6 Å². The fraction of sp³-hybridized carbons (Fsp3) is 0.118. The molecule has 1 amide bonds. The van der Waals surface area contributed by atoms with Crippen LogP contribution in [0.3, 0.4) is 0 Å². The zero-order valence-electron chi connectivity index (χ0n) is 11.5. The summed E-state index contributed by atoms with van der Waals surface area (Å²) in [5, 5.41) is 3.46. The molecular weight excluding hydrogens is 289 g/mol. The standard InChI is InChI=1S/C17H15ClFNO/c1-12(14-5-3-6-15(18)11-14)20-17(21)9-8-13-4-2-7-16(19)10-13/h2-12H,1H3,(H,20,21)/b9-8+. The number of benzene rings is 2. The number of nitrogens with one attached hydrogen (secondary N) is 1. The quantitative estimate of drug-likeness (QED) is 0.835. The summed E-state index contributed by atoms with van der Waals surface area (Å²) in [6.07, 6.45) is 2.96. The molecule has 0 saturated heterocycles. The largest absolute Gasteiger partial charge is 0.346 e. The predicted octanol–water partition coefficient (Wildman–Crippen LogP) is 4.37. The molecule has 0 bridgehead atoms. The Kier molecular flexibility index (Phi) is 5.12. The van der Waals surface area contributed by atoms with Crippen LogP contribution in [0.2, 0.25) is 5.02 Å². The van der Waals surface area contributed by atoms with Crippen molar-refractivity contribution in [2.75, 3.05) is 0 Å². The summed E-state index contributed by atoms with van der Waals surface area (Å²) in [4.78, 5) is 11.8. The molecule has 108 valence electrons. The van der Waals surface area contributed by atoms with Gasteiger partial charge in [-0.3, -0.25) is 4.79 Å². The van der Waals surface area contributed by atoms with E-state index >= 15 is 0 Å². The van der Waals surface area contributed by atoms with Gasteiger partial charge in [0.2, 0.25) is 5.91 Å². The van der Waals surface area contributed by atoms with Crippen LogP contribution in [-0.4, -0.2) is 5.91 Å². The second-order valence-corrected chi connectivity index (χ2v) is 5.11. The van der Waals surface area contributed by atoms with Gasteiger partial charge in [0.25, 0.3) is 0 Å². The first-order chi connectivity index (χ1) is 10.0. The molecule has 0 aliphatic carbocycles. The first kappa shape index (κ1) is 15.3. The lowest BCUT2D eigenvalue weighted by atomic mass is 10.1. The summed E-state index contributed by atoms with van der Waals surface area (Å²) in [7, 11) is 0. The van der Waals surface area contributed by atoms with E-state index in [1.165, 1.54) is 18.2 Å². The average molecular weight is 304 g/mol. The van der Waals surface area contributed by atoms with Gasteiger partial charge in [0.15, 0.2) is 0 Å². The van der Waals surface area contributed by atoms with Gasteiger partial charge in [-0.1, -0.05) is 35.9 Å². The lowest BCUT2D eigenvalue weighted by Gasteiger charge is -2.13. The molecule has 0 aromatic heterocycles. The summed E-state index contributed by atoms with van der Waals surface area (Å²) in [6, 6.07) is 13.2. The van der Waals surface area contributed by atoms with Crippen molar-refractivity contribution in [3.05, 3.63) is 76.6 Å². The molecular formula is C17H15ClFNO. The number of carbonyl (C=O) groups excluding carboxylic acids is 1. The number of halogens is 2. The van der Waals surface area contributed by atoms with Gasteiger partial charge < -0.3 is 5.32 Å². The topological polar surface area (TPSA) is 29.1 Å². The van der Waals surface area contributed by atoms with Gasteiger partial charge in [0.1, 0.15) is 5.82 Å². The number of hydrogen-bond donors (Lipinski definition) is 1. The molecule has 2 aromatic rings. The van der Waals surface area contributed by atoms with Crippen LogP contribution in [0.25, 0.3) is 6.08 Å². The Hall–Kier alpha value is -2.13.